The fourth-order valence-corrected chi connectivity index (χ4v) is 4.38. The van der Waals surface area contributed by atoms with Crippen LogP contribution in [0.4, 0.5) is 0 Å². The number of nitrogens with zero attached hydrogens (tertiary/aromatic N) is 4. The Hall–Kier alpha value is -1.43. The lowest BCUT2D eigenvalue weighted by atomic mass is 9.87. The first-order chi connectivity index (χ1) is 11.3. The minimum absolute atomic E-state index is 0.298. The molecule has 1 aromatic heterocycles. The number of carbonyl (C=O) groups excluding carboxylic acids is 1. The van der Waals surface area contributed by atoms with Gasteiger partial charge < -0.3 is 14.8 Å². The Morgan fingerprint density at radius 2 is 1.78 bits per heavy atom. The lowest BCUT2D eigenvalue weighted by Gasteiger charge is -2.35. The molecule has 23 heavy (non-hydrogen) atoms. The standard InChI is InChI=1S/C17H27N5O/c23-17(14-4-2-1-3-5-14)21-9-6-13(7-10-21)16-20-19-15-12-18-8-11-22(15)16/h13-14,18H,1-12H2. The molecule has 4 rings (SSSR count). The summed E-state index contributed by atoms with van der Waals surface area (Å²) in [5, 5.41) is 12.1. The molecule has 1 aromatic rings. The van der Waals surface area contributed by atoms with E-state index in [1.165, 1.54) is 19.3 Å². The number of amides is 1. The minimum atomic E-state index is 0.298. The van der Waals surface area contributed by atoms with E-state index in [0.717, 1.165) is 70.1 Å². The molecule has 0 aromatic carbocycles. The topological polar surface area (TPSA) is 63.1 Å². The molecule has 0 atom stereocenters. The van der Waals surface area contributed by atoms with Gasteiger partial charge in [-0.05, 0) is 25.7 Å². The van der Waals surface area contributed by atoms with Crippen molar-refractivity contribution in [3.05, 3.63) is 11.6 Å². The summed E-state index contributed by atoms with van der Waals surface area (Å²) in [6.07, 6.45) is 8.03. The van der Waals surface area contributed by atoms with E-state index in [2.05, 4.69) is 25.0 Å². The molecule has 2 fully saturated rings. The van der Waals surface area contributed by atoms with E-state index in [0.29, 0.717) is 17.7 Å². The number of carbonyl (C=O) groups is 1. The summed E-state index contributed by atoms with van der Waals surface area (Å²) < 4.78 is 2.29. The number of nitrogens with one attached hydrogen (secondary N) is 1. The third-order valence-electron chi connectivity index (χ3n) is 5.78. The highest BCUT2D eigenvalue weighted by Gasteiger charge is 2.31. The van der Waals surface area contributed by atoms with E-state index in [4.69, 9.17) is 0 Å². The fourth-order valence-electron chi connectivity index (χ4n) is 4.38. The number of piperidine rings is 1. The van der Waals surface area contributed by atoms with Gasteiger partial charge in [0.05, 0.1) is 6.54 Å². The van der Waals surface area contributed by atoms with Gasteiger partial charge >= 0.3 is 0 Å². The Bertz CT molecular complexity index is 555. The van der Waals surface area contributed by atoms with E-state index >= 15 is 0 Å². The largest absolute Gasteiger partial charge is 0.342 e. The maximum atomic E-state index is 12.7. The van der Waals surface area contributed by atoms with Crippen LogP contribution in [0, 0.1) is 5.92 Å². The molecule has 0 radical (unpaired) electrons. The van der Waals surface area contributed by atoms with Gasteiger partial charge in [0.25, 0.3) is 0 Å². The van der Waals surface area contributed by atoms with Crippen LogP contribution < -0.4 is 5.32 Å². The van der Waals surface area contributed by atoms with E-state index in [9.17, 15) is 4.79 Å². The van der Waals surface area contributed by atoms with Crippen molar-refractivity contribution in [3.8, 4) is 0 Å². The first-order valence-electron chi connectivity index (χ1n) is 9.24. The van der Waals surface area contributed by atoms with Crippen LogP contribution >= 0.6 is 0 Å². The van der Waals surface area contributed by atoms with Crippen LogP contribution in [0.3, 0.4) is 0 Å². The Morgan fingerprint density at radius 3 is 2.57 bits per heavy atom. The van der Waals surface area contributed by atoms with Gasteiger partial charge in [-0.2, -0.15) is 0 Å². The zero-order chi connectivity index (χ0) is 15.6. The van der Waals surface area contributed by atoms with Crippen LogP contribution in [-0.4, -0.2) is 45.2 Å². The van der Waals surface area contributed by atoms with Crippen LogP contribution in [0.1, 0.15) is 62.5 Å². The number of aromatic nitrogens is 3. The molecule has 0 bridgehead atoms. The Kier molecular flexibility index (Phi) is 4.33. The molecule has 6 heteroatoms. The van der Waals surface area contributed by atoms with Gasteiger partial charge in [-0.25, -0.2) is 0 Å². The summed E-state index contributed by atoms with van der Waals surface area (Å²) in [4.78, 5) is 14.8. The summed E-state index contributed by atoms with van der Waals surface area (Å²) in [6, 6.07) is 0. The number of hydrogen-bond donors (Lipinski definition) is 1. The van der Waals surface area contributed by atoms with Crippen molar-refractivity contribution in [1.29, 1.82) is 0 Å². The second-order valence-electron chi connectivity index (χ2n) is 7.24. The third-order valence-corrected chi connectivity index (χ3v) is 5.78. The van der Waals surface area contributed by atoms with Gasteiger partial charge in [0.15, 0.2) is 0 Å². The molecule has 1 saturated heterocycles. The van der Waals surface area contributed by atoms with Gasteiger partial charge in [0, 0.05) is 38.0 Å². The van der Waals surface area contributed by atoms with Gasteiger partial charge in [0.2, 0.25) is 5.91 Å². The number of rotatable bonds is 2. The van der Waals surface area contributed by atoms with Crippen molar-refractivity contribution in [3.63, 3.8) is 0 Å². The predicted octanol–water partition coefficient (Wildman–Crippen LogP) is 1.67. The van der Waals surface area contributed by atoms with Crippen molar-refractivity contribution < 1.29 is 4.79 Å². The smallest absolute Gasteiger partial charge is 0.225 e. The Labute approximate surface area is 137 Å². The van der Waals surface area contributed by atoms with E-state index in [-0.39, 0.29) is 0 Å². The van der Waals surface area contributed by atoms with Crippen LogP contribution in [0.2, 0.25) is 0 Å². The van der Waals surface area contributed by atoms with Crippen molar-refractivity contribution in [1.82, 2.24) is 25.0 Å². The molecule has 6 nitrogen and oxygen atoms in total. The molecule has 2 aliphatic heterocycles. The first kappa shape index (κ1) is 15.1. The maximum absolute atomic E-state index is 12.7. The van der Waals surface area contributed by atoms with Gasteiger partial charge in [-0.3, -0.25) is 4.79 Å². The second-order valence-corrected chi connectivity index (χ2v) is 7.24. The SMILES string of the molecule is O=C(C1CCCCC1)N1CCC(c2nnc3n2CCNC3)CC1. The van der Waals surface area contributed by atoms with Crippen LogP contribution in [0.5, 0.6) is 0 Å². The molecule has 3 heterocycles. The molecule has 126 valence electrons. The second kappa shape index (κ2) is 6.59. The van der Waals surface area contributed by atoms with Crippen molar-refractivity contribution in [2.75, 3.05) is 19.6 Å². The highest BCUT2D eigenvalue weighted by Crippen LogP contribution is 2.31. The minimum Gasteiger partial charge on any atom is -0.342 e. The van der Waals surface area contributed by atoms with Crippen LogP contribution in [0.15, 0.2) is 0 Å². The Morgan fingerprint density at radius 1 is 1.00 bits per heavy atom. The van der Waals surface area contributed by atoms with Gasteiger partial charge in [-0.15, -0.1) is 10.2 Å². The maximum Gasteiger partial charge on any atom is 0.225 e. The third kappa shape index (κ3) is 3.01. The molecule has 1 aliphatic carbocycles. The van der Waals surface area contributed by atoms with Crippen LogP contribution in [0.25, 0.3) is 0 Å². The lowest BCUT2D eigenvalue weighted by molar-refractivity contribution is -0.137. The van der Waals surface area contributed by atoms with Crippen molar-refractivity contribution >= 4 is 5.91 Å². The van der Waals surface area contributed by atoms with E-state index in [1.54, 1.807) is 0 Å². The van der Waals surface area contributed by atoms with E-state index in [1.807, 2.05) is 0 Å². The Balaban J connectivity index is 1.37. The molecule has 1 N–H and O–H groups in total. The molecule has 0 spiro atoms. The zero-order valence-electron chi connectivity index (χ0n) is 13.8. The summed E-state index contributed by atoms with van der Waals surface area (Å²) in [5.41, 5.74) is 0. The highest BCUT2D eigenvalue weighted by atomic mass is 16.2. The van der Waals surface area contributed by atoms with Crippen molar-refractivity contribution in [2.24, 2.45) is 5.92 Å². The monoisotopic (exact) mass is 317 g/mol. The molecular weight excluding hydrogens is 290 g/mol. The molecule has 1 amide bonds. The molecule has 0 unspecified atom stereocenters. The van der Waals surface area contributed by atoms with Crippen LogP contribution in [-0.2, 0) is 17.9 Å². The number of likely N-dealkylation sites (tertiary alicyclic amines) is 1. The normalized spacial score (nSPS) is 23.7. The van der Waals surface area contributed by atoms with E-state index < -0.39 is 0 Å². The molecule has 1 saturated carbocycles. The number of fused-ring (bicyclic) bond motifs is 1. The van der Waals surface area contributed by atoms with Gasteiger partial charge in [-0.1, -0.05) is 19.3 Å². The summed E-state index contributed by atoms with van der Waals surface area (Å²) >= 11 is 0. The zero-order valence-corrected chi connectivity index (χ0v) is 13.8. The summed E-state index contributed by atoms with van der Waals surface area (Å²) in [6.45, 7) is 4.57. The first-order valence-corrected chi connectivity index (χ1v) is 9.24. The summed E-state index contributed by atoms with van der Waals surface area (Å²) in [7, 11) is 0. The fraction of sp³-hybridized carbons (Fsp3) is 0.824. The lowest BCUT2D eigenvalue weighted by Crippen LogP contribution is -2.42. The summed E-state index contributed by atoms with van der Waals surface area (Å²) in [5.74, 6) is 3.38. The predicted molar refractivity (Wildman–Crippen MR) is 86.9 cm³/mol. The van der Waals surface area contributed by atoms with Crippen molar-refractivity contribution in [2.45, 2.75) is 64.0 Å². The quantitative estimate of drug-likeness (QED) is 0.901. The average Bonchev–Trinajstić information content (AvgIpc) is 3.06. The molecule has 3 aliphatic rings. The highest BCUT2D eigenvalue weighted by molar-refractivity contribution is 5.79. The number of hydrogen-bond acceptors (Lipinski definition) is 4. The van der Waals surface area contributed by atoms with Gasteiger partial charge in [0.1, 0.15) is 11.6 Å². The molecular formula is C17H27N5O. The average molecular weight is 317 g/mol.